The molecule has 1 amide bonds. The van der Waals surface area contributed by atoms with Gasteiger partial charge in [-0.05, 0) is 19.1 Å². The van der Waals surface area contributed by atoms with Gasteiger partial charge < -0.3 is 10.6 Å². The van der Waals surface area contributed by atoms with Crippen LogP contribution >= 0.6 is 11.3 Å². The van der Waals surface area contributed by atoms with Crippen LogP contribution in [0.3, 0.4) is 0 Å². The number of aryl methyl sites for hydroxylation is 1. The van der Waals surface area contributed by atoms with Gasteiger partial charge in [0.1, 0.15) is 0 Å². The zero-order valence-electron chi connectivity index (χ0n) is 13.8. The number of amides is 1. The maximum Gasteiger partial charge on any atom is 1.00 e. The Morgan fingerprint density at radius 1 is 1.32 bits per heavy atom. The largest absolute Gasteiger partial charge is 1.00 e. The minimum atomic E-state index is -3.90. The summed E-state index contributed by atoms with van der Waals surface area (Å²) in [6.07, 6.45) is 1.59. The summed E-state index contributed by atoms with van der Waals surface area (Å²) in [5.41, 5.74) is -0.234. The number of nitrogens with one attached hydrogen (secondary N) is 1. The summed E-state index contributed by atoms with van der Waals surface area (Å²) >= 11 is 1.25. The Balaban J connectivity index is 0.00000156. The first-order chi connectivity index (χ1) is 10.8. The van der Waals surface area contributed by atoms with Crippen molar-refractivity contribution in [2.24, 2.45) is 0 Å². The van der Waals surface area contributed by atoms with Gasteiger partial charge in [-0.3, -0.25) is 14.4 Å². The van der Waals surface area contributed by atoms with Crippen molar-refractivity contribution in [3.8, 4) is 0 Å². The standard InChI is InChI=1S/C14H13N3O4S2.Na.H2O/c1-8-7-15-14(22-8)16-13(19)11-12(18)9-5-3-4-6-10(9)23(20,21)17(11)2;;/h3-7,18H,1-2H3,(H,15,16,19);;1H2/q;+1;. The summed E-state index contributed by atoms with van der Waals surface area (Å²) in [6.45, 7) is 1.83. The van der Waals surface area contributed by atoms with Gasteiger partial charge in [0.2, 0.25) is 0 Å². The van der Waals surface area contributed by atoms with Gasteiger partial charge in [0.15, 0.2) is 16.6 Å². The SMILES string of the molecule is Cc1cnc(NC(=O)C2=C(O)c3ccccc3S(=O)(=O)N2C)s1.O.[Na+]. The van der Waals surface area contributed by atoms with Gasteiger partial charge in [0.25, 0.3) is 15.9 Å². The number of sulfonamides is 1. The van der Waals surface area contributed by atoms with E-state index in [4.69, 9.17) is 0 Å². The smallest absolute Gasteiger partial charge is 0.505 e. The van der Waals surface area contributed by atoms with Crippen molar-refractivity contribution in [3.05, 3.63) is 46.6 Å². The van der Waals surface area contributed by atoms with Crippen LogP contribution in [-0.4, -0.2) is 41.2 Å². The number of hydrogen-bond acceptors (Lipinski definition) is 6. The Morgan fingerprint density at radius 2 is 1.96 bits per heavy atom. The molecule has 0 fully saturated rings. The number of anilines is 1. The fraction of sp³-hybridized carbons (Fsp3) is 0.143. The van der Waals surface area contributed by atoms with Crippen molar-refractivity contribution in [1.29, 1.82) is 0 Å². The van der Waals surface area contributed by atoms with Gasteiger partial charge in [-0.2, -0.15) is 0 Å². The Kier molecular flexibility index (Phi) is 6.79. The van der Waals surface area contributed by atoms with Crippen molar-refractivity contribution in [1.82, 2.24) is 9.29 Å². The van der Waals surface area contributed by atoms with Gasteiger partial charge in [-0.1, -0.05) is 12.1 Å². The number of fused-ring (bicyclic) bond motifs is 1. The van der Waals surface area contributed by atoms with Crippen LogP contribution in [0.5, 0.6) is 0 Å². The summed E-state index contributed by atoms with van der Waals surface area (Å²) in [7, 11) is -2.67. The zero-order chi connectivity index (χ0) is 16.8. The molecule has 0 aliphatic carbocycles. The number of aliphatic hydroxyl groups excluding tert-OH is 1. The maximum absolute atomic E-state index is 12.5. The second-order valence-electron chi connectivity index (χ2n) is 4.90. The van der Waals surface area contributed by atoms with E-state index in [1.807, 2.05) is 6.92 Å². The Bertz CT molecular complexity index is 939. The maximum atomic E-state index is 12.5. The number of aromatic nitrogens is 1. The van der Waals surface area contributed by atoms with Crippen LogP contribution in [0.25, 0.3) is 5.76 Å². The van der Waals surface area contributed by atoms with Crippen LogP contribution in [-0.2, 0) is 14.8 Å². The Labute approximate surface area is 170 Å². The summed E-state index contributed by atoms with van der Waals surface area (Å²) in [4.78, 5) is 17.3. The number of carbonyl (C=O) groups excluding carboxylic acids is 1. The molecule has 1 aliphatic rings. The molecule has 0 spiro atoms. The Hall–Kier alpha value is -1.43. The van der Waals surface area contributed by atoms with E-state index in [0.29, 0.717) is 5.13 Å². The summed E-state index contributed by atoms with van der Waals surface area (Å²) in [6, 6.07) is 5.99. The third-order valence-corrected chi connectivity index (χ3v) is 6.02. The molecule has 0 saturated carbocycles. The van der Waals surface area contributed by atoms with Gasteiger partial charge in [0.05, 0.1) is 4.90 Å². The van der Waals surface area contributed by atoms with Gasteiger partial charge in [-0.15, -0.1) is 11.3 Å². The van der Waals surface area contributed by atoms with E-state index in [-0.39, 0.29) is 56.9 Å². The molecule has 1 aliphatic heterocycles. The molecular formula is C14H15N3NaO5S2+. The van der Waals surface area contributed by atoms with Crippen LogP contribution in [0.15, 0.2) is 41.1 Å². The van der Waals surface area contributed by atoms with Crippen molar-refractivity contribution in [2.45, 2.75) is 11.8 Å². The first kappa shape index (κ1) is 21.6. The molecule has 1 aromatic heterocycles. The predicted molar refractivity (Wildman–Crippen MR) is 90.0 cm³/mol. The van der Waals surface area contributed by atoms with E-state index in [0.717, 1.165) is 9.18 Å². The third kappa shape index (κ3) is 3.73. The number of carbonyl (C=O) groups is 1. The quantitative estimate of drug-likeness (QED) is 0.578. The molecule has 3 rings (SSSR count). The molecule has 2 aromatic rings. The van der Waals surface area contributed by atoms with Crippen LogP contribution in [0.2, 0.25) is 0 Å². The molecule has 4 N–H and O–H groups in total. The van der Waals surface area contributed by atoms with Crippen LogP contribution in [0.4, 0.5) is 5.13 Å². The molecule has 0 radical (unpaired) electrons. The van der Waals surface area contributed by atoms with Crippen LogP contribution in [0.1, 0.15) is 10.4 Å². The van der Waals surface area contributed by atoms with E-state index in [1.54, 1.807) is 18.3 Å². The fourth-order valence-electron chi connectivity index (χ4n) is 2.25. The molecule has 128 valence electrons. The van der Waals surface area contributed by atoms with Gasteiger partial charge >= 0.3 is 29.6 Å². The molecule has 0 atom stereocenters. The monoisotopic (exact) mass is 392 g/mol. The first-order valence-electron chi connectivity index (χ1n) is 6.57. The summed E-state index contributed by atoms with van der Waals surface area (Å²) in [5.74, 6) is -1.12. The van der Waals surface area contributed by atoms with E-state index in [1.165, 1.54) is 30.5 Å². The van der Waals surface area contributed by atoms with Crippen molar-refractivity contribution >= 4 is 38.2 Å². The van der Waals surface area contributed by atoms with Crippen molar-refractivity contribution in [3.63, 3.8) is 0 Å². The molecule has 25 heavy (non-hydrogen) atoms. The number of likely N-dealkylation sites (N-methyl/N-ethyl adjacent to an activating group) is 1. The number of benzene rings is 1. The van der Waals surface area contributed by atoms with Gasteiger partial charge in [-0.25, -0.2) is 13.4 Å². The fourth-order valence-corrected chi connectivity index (χ4v) is 4.31. The topological polar surface area (TPSA) is 131 Å². The molecule has 1 aromatic carbocycles. The second-order valence-corrected chi connectivity index (χ2v) is 8.07. The number of nitrogens with zero attached hydrogens (tertiary/aromatic N) is 2. The summed E-state index contributed by atoms with van der Waals surface area (Å²) < 4.78 is 25.8. The van der Waals surface area contributed by atoms with E-state index in [2.05, 4.69) is 10.3 Å². The predicted octanol–water partition coefficient (Wildman–Crippen LogP) is -1.87. The normalized spacial score (nSPS) is 14.9. The van der Waals surface area contributed by atoms with Crippen LogP contribution < -0.4 is 34.9 Å². The molecule has 8 nitrogen and oxygen atoms in total. The van der Waals surface area contributed by atoms with Crippen molar-refractivity contribution in [2.75, 3.05) is 12.4 Å². The number of rotatable bonds is 2. The Morgan fingerprint density at radius 3 is 2.56 bits per heavy atom. The third-order valence-electron chi connectivity index (χ3n) is 3.38. The minimum Gasteiger partial charge on any atom is -0.505 e. The molecule has 11 heteroatoms. The molecular weight excluding hydrogens is 377 g/mol. The number of thiazole rings is 1. The average Bonchev–Trinajstić information content (AvgIpc) is 2.91. The summed E-state index contributed by atoms with van der Waals surface area (Å²) in [5, 5.41) is 13.2. The molecule has 2 heterocycles. The number of aliphatic hydroxyl groups is 1. The minimum absolute atomic E-state index is 0. The second kappa shape index (κ2) is 7.85. The van der Waals surface area contributed by atoms with Crippen LogP contribution in [0, 0.1) is 6.92 Å². The van der Waals surface area contributed by atoms with Gasteiger partial charge in [0, 0.05) is 23.7 Å². The van der Waals surface area contributed by atoms with E-state index < -0.39 is 15.9 Å². The van der Waals surface area contributed by atoms with E-state index >= 15 is 0 Å². The van der Waals surface area contributed by atoms with Crippen molar-refractivity contribution < 1.29 is 53.4 Å². The zero-order valence-corrected chi connectivity index (χ0v) is 17.4. The molecule has 0 unspecified atom stereocenters. The molecule has 0 bridgehead atoms. The number of hydrogen-bond donors (Lipinski definition) is 2. The first-order valence-corrected chi connectivity index (χ1v) is 8.83. The average molecular weight is 392 g/mol. The van der Waals surface area contributed by atoms with E-state index in [9.17, 15) is 18.3 Å². The molecule has 0 saturated heterocycles.